The lowest BCUT2D eigenvalue weighted by molar-refractivity contribution is -0.182. The van der Waals surface area contributed by atoms with E-state index >= 15 is 0 Å². The van der Waals surface area contributed by atoms with Gasteiger partial charge in [0.05, 0.1) is 19.3 Å². The van der Waals surface area contributed by atoms with Gasteiger partial charge in [0.2, 0.25) is 0 Å². The van der Waals surface area contributed by atoms with Crippen LogP contribution in [0.1, 0.15) is 26.2 Å². The summed E-state index contributed by atoms with van der Waals surface area (Å²) in [5.74, 6) is 0. The highest BCUT2D eigenvalue weighted by Crippen LogP contribution is 2.28. The molecule has 1 saturated heterocycles. The maximum absolute atomic E-state index is 5.57. The molecule has 1 fully saturated rings. The average molecular weight is 302 g/mol. The molecular formula is C13H20BrNO2. The van der Waals surface area contributed by atoms with Crippen LogP contribution in [0.4, 0.5) is 0 Å². The van der Waals surface area contributed by atoms with E-state index in [1.54, 1.807) is 0 Å². The van der Waals surface area contributed by atoms with Crippen molar-refractivity contribution in [2.24, 2.45) is 0 Å². The van der Waals surface area contributed by atoms with E-state index in [0.717, 1.165) is 32.5 Å². The molecule has 0 saturated carbocycles. The first kappa shape index (κ1) is 13.1. The Labute approximate surface area is 112 Å². The molecule has 0 amide bonds. The van der Waals surface area contributed by atoms with Crippen LogP contribution in [0, 0.1) is 0 Å². The predicted molar refractivity (Wildman–Crippen MR) is 71.9 cm³/mol. The molecule has 0 radical (unpaired) electrons. The lowest BCUT2D eigenvalue weighted by Gasteiger charge is -2.32. The predicted octanol–water partition coefficient (Wildman–Crippen LogP) is 3.03. The largest absolute Gasteiger partial charge is 0.373 e. The second-order valence-electron chi connectivity index (χ2n) is 4.69. The van der Waals surface area contributed by atoms with Crippen LogP contribution in [-0.2, 0) is 9.47 Å². The van der Waals surface area contributed by atoms with Crippen LogP contribution >= 0.6 is 15.9 Å². The van der Waals surface area contributed by atoms with Gasteiger partial charge in [0.25, 0.3) is 0 Å². The average Bonchev–Trinajstić information content (AvgIpc) is 2.29. The lowest BCUT2D eigenvalue weighted by Crippen LogP contribution is -2.32. The molecule has 0 aromatic rings. The standard InChI is InChI=1S/C13H20BrNO2/c1-10-8-11(14)12(15(2)9-10)4-5-13-16-6-3-7-17-13/h8-9,12-13H,3-7H2,1-2H3. The van der Waals surface area contributed by atoms with Gasteiger partial charge < -0.3 is 14.4 Å². The Morgan fingerprint density at radius 3 is 2.71 bits per heavy atom. The minimum Gasteiger partial charge on any atom is -0.373 e. The molecule has 1 unspecified atom stereocenters. The molecule has 2 rings (SSSR count). The van der Waals surface area contributed by atoms with Gasteiger partial charge in [0.15, 0.2) is 6.29 Å². The summed E-state index contributed by atoms with van der Waals surface area (Å²) in [6, 6.07) is 0.410. The topological polar surface area (TPSA) is 21.7 Å². The molecule has 0 aromatic heterocycles. The fourth-order valence-electron chi connectivity index (χ4n) is 2.30. The molecule has 96 valence electrons. The normalized spacial score (nSPS) is 26.8. The maximum Gasteiger partial charge on any atom is 0.157 e. The van der Waals surface area contributed by atoms with E-state index in [1.807, 2.05) is 0 Å². The summed E-state index contributed by atoms with van der Waals surface area (Å²) in [5.41, 5.74) is 1.28. The molecule has 2 aliphatic rings. The fraction of sp³-hybridized carbons (Fsp3) is 0.692. The summed E-state index contributed by atoms with van der Waals surface area (Å²) >= 11 is 3.66. The van der Waals surface area contributed by atoms with Crippen LogP contribution in [-0.4, -0.2) is 37.5 Å². The number of hydrogen-bond acceptors (Lipinski definition) is 3. The van der Waals surface area contributed by atoms with E-state index in [0.29, 0.717) is 6.04 Å². The van der Waals surface area contributed by atoms with Crippen molar-refractivity contribution in [3.8, 4) is 0 Å². The Morgan fingerprint density at radius 2 is 2.06 bits per heavy atom. The van der Waals surface area contributed by atoms with E-state index in [9.17, 15) is 0 Å². The molecule has 1 atom stereocenters. The zero-order valence-electron chi connectivity index (χ0n) is 10.5. The summed E-state index contributed by atoms with van der Waals surface area (Å²) in [7, 11) is 2.12. The highest BCUT2D eigenvalue weighted by molar-refractivity contribution is 9.11. The van der Waals surface area contributed by atoms with Crippen LogP contribution in [0.5, 0.6) is 0 Å². The minimum atomic E-state index is -0.00977. The molecule has 2 aliphatic heterocycles. The van der Waals surface area contributed by atoms with Crippen molar-refractivity contribution in [1.29, 1.82) is 0 Å². The van der Waals surface area contributed by atoms with Gasteiger partial charge in [-0.2, -0.15) is 0 Å². The number of allylic oxidation sites excluding steroid dienone is 2. The number of hydrogen-bond donors (Lipinski definition) is 0. The van der Waals surface area contributed by atoms with E-state index in [2.05, 4.69) is 47.1 Å². The molecule has 0 bridgehead atoms. The number of halogens is 1. The highest BCUT2D eigenvalue weighted by atomic mass is 79.9. The summed E-state index contributed by atoms with van der Waals surface area (Å²) in [6.45, 7) is 3.78. The van der Waals surface area contributed by atoms with Gasteiger partial charge in [0.1, 0.15) is 0 Å². The Morgan fingerprint density at radius 1 is 1.35 bits per heavy atom. The molecule has 17 heavy (non-hydrogen) atoms. The van der Waals surface area contributed by atoms with Crippen molar-refractivity contribution in [2.75, 3.05) is 20.3 Å². The highest BCUT2D eigenvalue weighted by Gasteiger charge is 2.22. The van der Waals surface area contributed by atoms with E-state index in [-0.39, 0.29) is 6.29 Å². The molecule has 0 spiro atoms. The van der Waals surface area contributed by atoms with Gasteiger partial charge in [-0.3, -0.25) is 0 Å². The van der Waals surface area contributed by atoms with Crippen molar-refractivity contribution in [1.82, 2.24) is 4.90 Å². The lowest BCUT2D eigenvalue weighted by atomic mass is 10.1. The molecule has 0 aliphatic carbocycles. The minimum absolute atomic E-state index is 0.00977. The third kappa shape index (κ3) is 3.57. The molecule has 0 N–H and O–H groups in total. The summed E-state index contributed by atoms with van der Waals surface area (Å²) in [6.07, 6.45) is 7.37. The van der Waals surface area contributed by atoms with E-state index < -0.39 is 0 Å². The van der Waals surface area contributed by atoms with Crippen molar-refractivity contribution in [2.45, 2.75) is 38.5 Å². The number of ether oxygens (including phenoxy) is 2. The van der Waals surface area contributed by atoms with Gasteiger partial charge >= 0.3 is 0 Å². The molecular weight excluding hydrogens is 282 g/mol. The third-order valence-corrected chi connectivity index (χ3v) is 3.91. The summed E-state index contributed by atoms with van der Waals surface area (Å²) in [4.78, 5) is 2.25. The number of rotatable bonds is 3. The van der Waals surface area contributed by atoms with Crippen LogP contribution in [0.15, 0.2) is 22.3 Å². The van der Waals surface area contributed by atoms with Crippen molar-refractivity contribution in [3.63, 3.8) is 0 Å². The Kier molecular flexibility index (Phi) is 4.65. The SMILES string of the molecule is CC1=CN(C)C(CCC2OCCCO2)C(Br)=C1. The van der Waals surface area contributed by atoms with Gasteiger partial charge in [-0.15, -0.1) is 0 Å². The first-order valence-corrected chi connectivity index (χ1v) is 6.97. The Balaban J connectivity index is 1.84. The number of nitrogens with zero attached hydrogens (tertiary/aromatic N) is 1. The van der Waals surface area contributed by atoms with Crippen molar-refractivity contribution < 1.29 is 9.47 Å². The van der Waals surface area contributed by atoms with Crippen LogP contribution in [0.25, 0.3) is 0 Å². The van der Waals surface area contributed by atoms with Gasteiger partial charge in [-0.25, -0.2) is 0 Å². The van der Waals surface area contributed by atoms with Gasteiger partial charge in [-0.1, -0.05) is 15.9 Å². The van der Waals surface area contributed by atoms with E-state index in [4.69, 9.17) is 9.47 Å². The van der Waals surface area contributed by atoms with E-state index in [1.165, 1.54) is 10.1 Å². The monoisotopic (exact) mass is 301 g/mol. The molecule has 4 heteroatoms. The first-order chi connectivity index (χ1) is 8.16. The number of likely N-dealkylation sites (N-methyl/N-ethyl adjacent to an activating group) is 1. The zero-order valence-corrected chi connectivity index (χ0v) is 12.1. The zero-order chi connectivity index (χ0) is 12.3. The fourth-order valence-corrected chi connectivity index (χ4v) is 3.21. The van der Waals surface area contributed by atoms with Crippen LogP contribution < -0.4 is 0 Å². The quantitative estimate of drug-likeness (QED) is 0.800. The second-order valence-corrected chi connectivity index (χ2v) is 5.60. The third-order valence-electron chi connectivity index (χ3n) is 3.15. The first-order valence-electron chi connectivity index (χ1n) is 6.17. The molecule has 0 aromatic carbocycles. The van der Waals surface area contributed by atoms with Gasteiger partial charge in [0, 0.05) is 24.2 Å². The van der Waals surface area contributed by atoms with Crippen LogP contribution in [0.3, 0.4) is 0 Å². The maximum atomic E-state index is 5.57. The van der Waals surface area contributed by atoms with Crippen molar-refractivity contribution in [3.05, 3.63) is 22.3 Å². The molecule has 2 heterocycles. The van der Waals surface area contributed by atoms with Crippen LogP contribution in [0.2, 0.25) is 0 Å². The summed E-state index contributed by atoms with van der Waals surface area (Å²) < 4.78 is 12.4. The Hall–Kier alpha value is -0.320. The van der Waals surface area contributed by atoms with Gasteiger partial charge in [-0.05, 0) is 31.4 Å². The second kappa shape index (κ2) is 6.03. The Bertz CT molecular complexity index is 321. The summed E-state index contributed by atoms with van der Waals surface area (Å²) in [5, 5.41) is 0. The molecule has 3 nitrogen and oxygen atoms in total. The van der Waals surface area contributed by atoms with Crippen molar-refractivity contribution >= 4 is 15.9 Å². The smallest absolute Gasteiger partial charge is 0.157 e.